The molecular formula is C62H118CaO8. The van der Waals surface area contributed by atoms with Gasteiger partial charge in [-0.05, 0) is 38.5 Å². The summed E-state index contributed by atoms with van der Waals surface area (Å²) in [5, 5.41) is 22.1. The summed E-state index contributed by atoms with van der Waals surface area (Å²) in [7, 11) is 0. The standard InChI is InChI=1S/2C31H60O4.Ca/c2*1-3-5-7-9-11-13-15-16-17-18-20-22-24-26-29(28-30(32)33)35-31(34)27-25-23-21-19-14-12-10-8-6-4-2;/h2*29H,3-28H2,1-2H3,(H,32,33);/q;;+2/p-2. The molecule has 0 rings (SSSR count). The van der Waals surface area contributed by atoms with Crippen molar-refractivity contribution in [2.24, 2.45) is 0 Å². The average molecular weight is 1030 g/mol. The van der Waals surface area contributed by atoms with Crippen LogP contribution in [0.25, 0.3) is 0 Å². The van der Waals surface area contributed by atoms with Gasteiger partial charge in [-0.15, -0.1) is 0 Å². The number of unbranched alkanes of at least 4 members (excludes halogenated alkanes) is 42. The van der Waals surface area contributed by atoms with Crippen molar-refractivity contribution in [2.45, 2.75) is 374 Å². The van der Waals surface area contributed by atoms with E-state index in [4.69, 9.17) is 9.47 Å². The predicted octanol–water partition coefficient (Wildman–Crippen LogP) is 17.3. The van der Waals surface area contributed by atoms with Crippen LogP contribution in [0.3, 0.4) is 0 Å². The second kappa shape index (κ2) is 63.4. The van der Waals surface area contributed by atoms with Crippen LogP contribution < -0.4 is 10.2 Å². The van der Waals surface area contributed by atoms with Gasteiger partial charge in [-0.2, -0.15) is 0 Å². The van der Waals surface area contributed by atoms with Gasteiger partial charge in [0.05, 0.1) is 0 Å². The van der Waals surface area contributed by atoms with E-state index >= 15 is 0 Å². The minimum absolute atomic E-state index is 0. The predicted molar refractivity (Wildman–Crippen MR) is 298 cm³/mol. The average Bonchev–Trinajstić information content (AvgIpc) is 3.33. The maximum atomic E-state index is 12.2. The van der Waals surface area contributed by atoms with Crippen molar-refractivity contribution in [1.82, 2.24) is 0 Å². The first-order valence-corrected chi connectivity index (χ1v) is 31.0. The van der Waals surface area contributed by atoms with Gasteiger partial charge in [0.1, 0.15) is 12.2 Å². The number of carboxylic acids is 2. The van der Waals surface area contributed by atoms with Crippen LogP contribution in [-0.2, 0) is 28.7 Å². The summed E-state index contributed by atoms with van der Waals surface area (Å²) in [5.41, 5.74) is 0. The SMILES string of the molecule is CCCCCCCCCCCCCCCC(CC(=O)[O-])OC(=O)CCCCCCCCCCCC.CCCCCCCCCCCCCCCC(CC(=O)[O-])OC(=O)CCCCCCCCCCCC.[Ca+2]. The Balaban J connectivity index is -0.00000128. The molecule has 0 aliphatic heterocycles. The summed E-state index contributed by atoms with van der Waals surface area (Å²) in [6.45, 7) is 9.00. The molecule has 2 unspecified atom stereocenters. The molecule has 0 aliphatic rings. The van der Waals surface area contributed by atoms with E-state index in [1.807, 2.05) is 0 Å². The van der Waals surface area contributed by atoms with E-state index in [0.717, 1.165) is 51.4 Å². The maximum Gasteiger partial charge on any atom is 2.00 e. The van der Waals surface area contributed by atoms with Crippen molar-refractivity contribution >= 4 is 61.6 Å². The molecule has 2 atom stereocenters. The molecular weight excluding hydrogens is 913 g/mol. The van der Waals surface area contributed by atoms with Gasteiger partial charge in [0.15, 0.2) is 0 Å². The molecule has 0 aliphatic carbocycles. The van der Waals surface area contributed by atoms with E-state index in [2.05, 4.69) is 27.7 Å². The number of carboxylic acid groups (broad SMARTS) is 2. The van der Waals surface area contributed by atoms with Crippen molar-refractivity contribution in [3.63, 3.8) is 0 Å². The zero-order chi connectivity index (χ0) is 51.6. The third kappa shape index (κ3) is 65.2. The largest absolute Gasteiger partial charge is 2.00 e. The second-order valence-corrected chi connectivity index (χ2v) is 21.3. The van der Waals surface area contributed by atoms with Gasteiger partial charge >= 0.3 is 49.7 Å². The van der Waals surface area contributed by atoms with Crippen molar-refractivity contribution in [3.8, 4) is 0 Å². The molecule has 71 heavy (non-hydrogen) atoms. The molecule has 0 aromatic rings. The van der Waals surface area contributed by atoms with Crippen LogP contribution in [0.4, 0.5) is 0 Å². The first-order valence-electron chi connectivity index (χ1n) is 31.0. The normalized spacial score (nSPS) is 11.9. The second-order valence-electron chi connectivity index (χ2n) is 21.3. The Bertz CT molecular complexity index is 1020. The van der Waals surface area contributed by atoms with Crippen LogP contribution in [0.15, 0.2) is 0 Å². The van der Waals surface area contributed by atoms with Crippen molar-refractivity contribution in [3.05, 3.63) is 0 Å². The fraction of sp³-hybridized carbons (Fsp3) is 0.935. The van der Waals surface area contributed by atoms with E-state index in [9.17, 15) is 29.4 Å². The van der Waals surface area contributed by atoms with Crippen LogP contribution in [0, 0.1) is 0 Å². The zero-order valence-electron chi connectivity index (χ0n) is 47.9. The van der Waals surface area contributed by atoms with Crippen LogP contribution in [0.2, 0.25) is 0 Å². The van der Waals surface area contributed by atoms with Crippen LogP contribution in [0.1, 0.15) is 362 Å². The molecule has 416 valence electrons. The Kier molecular flexibility index (Phi) is 66.5. The van der Waals surface area contributed by atoms with Crippen LogP contribution in [0.5, 0.6) is 0 Å². The molecule has 0 spiro atoms. The molecule has 9 heteroatoms. The monoisotopic (exact) mass is 1030 g/mol. The summed E-state index contributed by atoms with van der Waals surface area (Å²) in [4.78, 5) is 46.5. The van der Waals surface area contributed by atoms with Crippen LogP contribution in [-0.4, -0.2) is 73.8 Å². The van der Waals surface area contributed by atoms with Gasteiger partial charge < -0.3 is 29.3 Å². The summed E-state index contributed by atoms with van der Waals surface area (Å²) in [5.74, 6) is -2.75. The molecule has 0 N–H and O–H groups in total. The Morgan fingerprint density at radius 1 is 0.282 bits per heavy atom. The number of hydrogen-bond acceptors (Lipinski definition) is 8. The molecule has 0 radical (unpaired) electrons. The Morgan fingerprint density at radius 2 is 0.451 bits per heavy atom. The van der Waals surface area contributed by atoms with Gasteiger partial charge in [0.25, 0.3) is 0 Å². The molecule has 8 nitrogen and oxygen atoms in total. The van der Waals surface area contributed by atoms with Gasteiger partial charge in [0.2, 0.25) is 0 Å². The molecule has 0 saturated heterocycles. The maximum absolute atomic E-state index is 12.2. The molecule has 0 aromatic carbocycles. The van der Waals surface area contributed by atoms with E-state index < -0.39 is 24.1 Å². The number of rotatable bonds is 56. The quantitative estimate of drug-likeness (QED) is 0.0334. The smallest absolute Gasteiger partial charge is 0.550 e. The van der Waals surface area contributed by atoms with E-state index in [1.165, 1.54) is 244 Å². The van der Waals surface area contributed by atoms with Crippen molar-refractivity contribution < 1.29 is 38.9 Å². The van der Waals surface area contributed by atoms with Gasteiger partial charge in [-0.1, -0.05) is 297 Å². The molecule has 0 heterocycles. The number of aliphatic carboxylic acids is 2. The fourth-order valence-corrected chi connectivity index (χ4v) is 9.56. The summed E-state index contributed by atoms with van der Waals surface area (Å²) >= 11 is 0. The Hall–Kier alpha value is -0.860. The van der Waals surface area contributed by atoms with Crippen molar-refractivity contribution in [2.75, 3.05) is 0 Å². The number of ether oxygens (including phenoxy) is 2. The van der Waals surface area contributed by atoms with E-state index in [-0.39, 0.29) is 62.5 Å². The first kappa shape index (κ1) is 74.4. The third-order valence-electron chi connectivity index (χ3n) is 14.1. The van der Waals surface area contributed by atoms with Gasteiger partial charge in [0, 0.05) is 37.6 Å². The topological polar surface area (TPSA) is 133 Å². The summed E-state index contributed by atoms with van der Waals surface area (Å²) in [6, 6.07) is 0. The minimum atomic E-state index is -1.13. The number of carbonyl (C=O) groups excluding carboxylic acids is 4. The number of hydrogen-bond donors (Lipinski definition) is 0. The van der Waals surface area contributed by atoms with Gasteiger partial charge in [-0.3, -0.25) is 9.59 Å². The Morgan fingerprint density at radius 3 is 0.634 bits per heavy atom. The minimum Gasteiger partial charge on any atom is -0.550 e. The molecule has 0 bridgehead atoms. The van der Waals surface area contributed by atoms with E-state index in [0.29, 0.717) is 25.7 Å². The molecule has 0 fully saturated rings. The van der Waals surface area contributed by atoms with Gasteiger partial charge in [-0.25, -0.2) is 0 Å². The van der Waals surface area contributed by atoms with E-state index in [1.54, 1.807) is 0 Å². The third-order valence-corrected chi connectivity index (χ3v) is 14.1. The zero-order valence-corrected chi connectivity index (χ0v) is 50.1. The molecule has 0 amide bonds. The summed E-state index contributed by atoms with van der Waals surface area (Å²) < 4.78 is 11.0. The summed E-state index contributed by atoms with van der Waals surface area (Å²) in [6.07, 6.45) is 58.5. The number of esters is 2. The Labute approximate surface area is 471 Å². The molecule has 0 aromatic heterocycles. The van der Waals surface area contributed by atoms with Crippen LogP contribution >= 0.6 is 0 Å². The fourth-order valence-electron chi connectivity index (χ4n) is 9.56. The number of carbonyl (C=O) groups is 4. The van der Waals surface area contributed by atoms with Crippen molar-refractivity contribution in [1.29, 1.82) is 0 Å². The molecule has 0 saturated carbocycles. The first-order chi connectivity index (χ1) is 34.2.